The number of nitro benzene ring substituents is 1. The molecule has 0 aromatic heterocycles. The fourth-order valence-corrected chi connectivity index (χ4v) is 0.928. The molecule has 1 aromatic carbocycles. The van der Waals surface area contributed by atoms with Gasteiger partial charge in [-0.2, -0.15) is 4.39 Å². The van der Waals surface area contributed by atoms with E-state index in [4.69, 9.17) is 0 Å². The fraction of sp³-hybridized carbons (Fsp3) is 0.417. The van der Waals surface area contributed by atoms with Gasteiger partial charge in [0, 0.05) is 7.49 Å². The number of nitro groups is 1. The zero-order valence-corrected chi connectivity index (χ0v) is 11.2. The second kappa shape index (κ2) is 10.2. The maximum Gasteiger partial charge on any atom is 0.341 e. The van der Waals surface area contributed by atoms with Crippen LogP contribution in [0.25, 0.3) is 0 Å². The van der Waals surface area contributed by atoms with Gasteiger partial charge in [-0.15, -0.1) is 0 Å². The van der Waals surface area contributed by atoms with Crippen molar-refractivity contribution in [1.29, 1.82) is 0 Å². The van der Waals surface area contributed by atoms with Crippen LogP contribution in [0.2, 0.25) is 0 Å². The van der Waals surface area contributed by atoms with Crippen LogP contribution in [0.5, 0.6) is 0 Å². The van der Waals surface area contributed by atoms with Gasteiger partial charge in [0.25, 0.3) is 0 Å². The number of carbonyl (C=O) groups is 1. The third-order valence-corrected chi connectivity index (χ3v) is 1.58. The number of hydrogen-bond acceptors (Lipinski definition) is 4. The van der Waals surface area contributed by atoms with E-state index in [9.17, 15) is 19.3 Å². The molecule has 6 heteroatoms. The van der Waals surface area contributed by atoms with Crippen LogP contribution in [0, 0.1) is 15.9 Å². The van der Waals surface area contributed by atoms with Crippen LogP contribution in [-0.2, 0) is 4.74 Å². The number of rotatable bonds is 2. The average Bonchev–Trinajstić information content (AvgIpc) is 2.42. The molecular formula is C12H20FNO4. The number of methoxy groups -OCH3 is 1. The largest absolute Gasteiger partial charge is 0.465 e. The van der Waals surface area contributed by atoms with Crippen molar-refractivity contribution in [2.75, 3.05) is 7.11 Å². The average molecular weight is 261 g/mol. The van der Waals surface area contributed by atoms with Gasteiger partial charge in [-0.05, 0) is 6.07 Å². The molecule has 0 N–H and O–H groups in total. The molecule has 0 unspecified atom stereocenters. The molecule has 104 valence electrons. The summed E-state index contributed by atoms with van der Waals surface area (Å²) in [5.74, 6) is -2.12. The smallest absolute Gasteiger partial charge is 0.341 e. The van der Waals surface area contributed by atoms with E-state index in [2.05, 4.69) is 4.74 Å². The van der Waals surface area contributed by atoms with E-state index in [-0.39, 0.29) is 1.43 Å². The molecule has 18 heavy (non-hydrogen) atoms. The maximum atomic E-state index is 13.2. The third kappa shape index (κ3) is 4.90. The highest BCUT2D eigenvalue weighted by atomic mass is 19.1. The summed E-state index contributed by atoms with van der Waals surface area (Å²) in [4.78, 5) is 20.3. The Morgan fingerprint density at radius 1 is 1.33 bits per heavy atom. The Bertz CT molecular complexity index is 399. The zero-order chi connectivity index (χ0) is 14.7. The van der Waals surface area contributed by atoms with Gasteiger partial charge in [0.2, 0.25) is 5.82 Å². The van der Waals surface area contributed by atoms with Gasteiger partial charge in [0.1, 0.15) is 5.56 Å². The number of esters is 1. The van der Waals surface area contributed by atoms with Crippen LogP contribution in [0.1, 0.15) is 39.5 Å². The Morgan fingerprint density at radius 2 is 1.83 bits per heavy atom. The van der Waals surface area contributed by atoms with Crippen LogP contribution in [0.3, 0.4) is 0 Å². The number of benzene rings is 1. The van der Waals surface area contributed by atoms with Crippen LogP contribution in [0.4, 0.5) is 10.1 Å². The number of ether oxygens (including phenoxy) is 1. The Morgan fingerprint density at radius 3 is 2.22 bits per heavy atom. The van der Waals surface area contributed by atoms with Crippen LogP contribution >= 0.6 is 0 Å². The topological polar surface area (TPSA) is 69.4 Å². The summed E-state index contributed by atoms with van der Waals surface area (Å²) in [5.41, 5.74) is -1.19. The lowest BCUT2D eigenvalue weighted by Gasteiger charge is -2.00. The zero-order valence-electron chi connectivity index (χ0n) is 11.2. The van der Waals surface area contributed by atoms with Crippen molar-refractivity contribution in [2.45, 2.75) is 27.7 Å². The molecule has 5 nitrogen and oxygen atoms in total. The molecule has 0 amide bonds. The lowest BCUT2D eigenvalue weighted by atomic mass is 10.2. The molecule has 0 bridgehead atoms. The predicted molar refractivity (Wildman–Crippen MR) is 69.2 cm³/mol. The minimum absolute atomic E-state index is 0. The summed E-state index contributed by atoms with van der Waals surface area (Å²) in [6, 6.07) is 3.31. The molecule has 0 saturated heterocycles. The van der Waals surface area contributed by atoms with Gasteiger partial charge in [-0.1, -0.05) is 33.8 Å². The molecule has 0 spiro atoms. The minimum atomic E-state index is -1.18. The SMILES string of the molecule is CC.CC.COC(=O)c1cccc([N+](=O)[O-])c1F.[HH]. The molecular weight excluding hydrogens is 241 g/mol. The molecule has 0 aliphatic carbocycles. The molecule has 0 aliphatic rings. The third-order valence-electron chi connectivity index (χ3n) is 1.58. The summed E-state index contributed by atoms with van der Waals surface area (Å²) < 4.78 is 17.5. The number of carbonyl (C=O) groups excluding carboxylic acids is 1. The normalized spacial score (nSPS) is 8.11. The Hall–Kier alpha value is -1.98. The molecule has 0 aliphatic heterocycles. The van der Waals surface area contributed by atoms with Crippen molar-refractivity contribution in [2.24, 2.45) is 0 Å². The lowest BCUT2D eigenvalue weighted by Crippen LogP contribution is -2.06. The standard InChI is InChI=1S/C8H6FNO4.2C2H6.H2/c1-14-8(11)5-3-2-4-6(7(5)9)10(12)13;2*1-2;/h2-4H,1H3;2*1-2H3;1H. The van der Waals surface area contributed by atoms with Gasteiger partial charge in [-0.3, -0.25) is 10.1 Å². The van der Waals surface area contributed by atoms with Crippen molar-refractivity contribution in [3.05, 3.63) is 39.7 Å². The fourth-order valence-electron chi connectivity index (χ4n) is 0.928. The van der Waals surface area contributed by atoms with Gasteiger partial charge in [-0.25, -0.2) is 4.79 Å². The highest BCUT2D eigenvalue weighted by Gasteiger charge is 2.21. The van der Waals surface area contributed by atoms with E-state index in [1.54, 1.807) is 0 Å². The van der Waals surface area contributed by atoms with E-state index in [0.29, 0.717) is 0 Å². The number of hydrogen-bond donors (Lipinski definition) is 0. The highest BCUT2D eigenvalue weighted by Crippen LogP contribution is 2.20. The first-order valence-electron chi connectivity index (χ1n) is 5.59. The highest BCUT2D eigenvalue weighted by molar-refractivity contribution is 5.90. The maximum absolute atomic E-state index is 13.2. The summed E-state index contributed by atoms with van der Waals surface area (Å²) >= 11 is 0. The summed E-state index contributed by atoms with van der Waals surface area (Å²) in [6.07, 6.45) is 0. The first-order valence-corrected chi connectivity index (χ1v) is 5.59. The second-order valence-electron chi connectivity index (χ2n) is 2.39. The second-order valence-corrected chi connectivity index (χ2v) is 2.39. The number of halogens is 1. The molecule has 0 fully saturated rings. The Balaban J connectivity index is -0.000000467. The first kappa shape index (κ1) is 18.4. The van der Waals surface area contributed by atoms with E-state index in [0.717, 1.165) is 19.2 Å². The van der Waals surface area contributed by atoms with Gasteiger partial charge in [0.05, 0.1) is 12.0 Å². The van der Waals surface area contributed by atoms with Gasteiger partial charge in [0.15, 0.2) is 0 Å². The Kier molecular flexibility index (Phi) is 10.4. The summed E-state index contributed by atoms with van der Waals surface area (Å²) in [7, 11) is 1.07. The van der Waals surface area contributed by atoms with Crippen LogP contribution in [-0.4, -0.2) is 18.0 Å². The van der Waals surface area contributed by atoms with Gasteiger partial charge >= 0.3 is 11.7 Å². The van der Waals surface area contributed by atoms with Crippen molar-refractivity contribution < 1.29 is 20.3 Å². The van der Waals surface area contributed by atoms with Crippen molar-refractivity contribution in [1.82, 2.24) is 0 Å². The predicted octanol–water partition coefficient (Wildman–Crippen LogP) is 3.82. The molecule has 1 rings (SSSR count). The lowest BCUT2D eigenvalue weighted by molar-refractivity contribution is -0.387. The first-order chi connectivity index (χ1) is 8.57. The van der Waals surface area contributed by atoms with E-state index < -0.39 is 28.0 Å². The molecule has 1 aromatic rings. The van der Waals surface area contributed by atoms with Crippen molar-refractivity contribution >= 4 is 11.7 Å². The number of nitrogens with zero attached hydrogens (tertiary/aromatic N) is 1. The monoisotopic (exact) mass is 261 g/mol. The van der Waals surface area contributed by atoms with E-state index >= 15 is 0 Å². The van der Waals surface area contributed by atoms with Crippen molar-refractivity contribution in [3.63, 3.8) is 0 Å². The minimum Gasteiger partial charge on any atom is -0.465 e. The van der Waals surface area contributed by atoms with Crippen LogP contribution < -0.4 is 0 Å². The summed E-state index contributed by atoms with van der Waals surface area (Å²) in [5, 5.41) is 10.3. The Labute approximate surface area is 107 Å². The molecule has 0 radical (unpaired) electrons. The summed E-state index contributed by atoms with van der Waals surface area (Å²) in [6.45, 7) is 8.00. The van der Waals surface area contributed by atoms with E-state index in [1.807, 2.05) is 27.7 Å². The quantitative estimate of drug-likeness (QED) is 0.461. The molecule has 0 atom stereocenters. The van der Waals surface area contributed by atoms with Crippen molar-refractivity contribution in [3.8, 4) is 0 Å². The van der Waals surface area contributed by atoms with Gasteiger partial charge < -0.3 is 4.74 Å². The molecule has 0 heterocycles. The van der Waals surface area contributed by atoms with Crippen LogP contribution in [0.15, 0.2) is 18.2 Å². The molecule has 0 saturated carbocycles. The van der Waals surface area contributed by atoms with E-state index in [1.165, 1.54) is 6.07 Å².